The summed E-state index contributed by atoms with van der Waals surface area (Å²) in [6.07, 6.45) is 6.01. The summed E-state index contributed by atoms with van der Waals surface area (Å²) in [4.78, 5) is 13.1. The fraction of sp³-hybridized carbons (Fsp3) is 0.409. The Morgan fingerprint density at radius 2 is 1.81 bits per heavy atom. The number of aryl methyl sites for hydroxylation is 1. The average Bonchev–Trinajstić information content (AvgIpc) is 2.68. The van der Waals surface area contributed by atoms with Crippen molar-refractivity contribution in [2.24, 2.45) is 0 Å². The van der Waals surface area contributed by atoms with E-state index in [1.165, 1.54) is 19.3 Å². The van der Waals surface area contributed by atoms with E-state index in [9.17, 15) is 4.79 Å². The van der Waals surface area contributed by atoms with E-state index in [2.05, 4.69) is 10.6 Å². The fourth-order valence-electron chi connectivity index (χ4n) is 3.60. The van der Waals surface area contributed by atoms with Gasteiger partial charge in [0.05, 0.1) is 12.8 Å². The van der Waals surface area contributed by atoms with Gasteiger partial charge in [-0.1, -0.05) is 55.7 Å². The van der Waals surface area contributed by atoms with E-state index in [1.54, 1.807) is 7.11 Å². The van der Waals surface area contributed by atoms with E-state index in [4.69, 9.17) is 4.74 Å². The van der Waals surface area contributed by atoms with Crippen LogP contribution in [0.4, 0.5) is 5.69 Å². The van der Waals surface area contributed by atoms with Crippen LogP contribution >= 0.6 is 0 Å². The number of methoxy groups -OCH3 is 1. The molecule has 1 saturated carbocycles. The van der Waals surface area contributed by atoms with Gasteiger partial charge in [0.2, 0.25) is 5.91 Å². The molecule has 2 aromatic carbocycles. The molecule has 0 heterocycles. The second-order valence-electron chi connectivity index (χ2n) is 7.04. The highest BCUT2D eigenvalue weighted by atomic mass is 16.5. The van der Waals surface area contributed by atoms with Crippen LogP contribution in [0.2, 0.25) is 0 Å². The van der Waals surface area contributed by atoms with Crippen LogP contribution in [0.1, 0.15) is 49.3 Å². The number of hydrogen-bond donors (Lipinski definition) is 2. The van der Waals surface area contributed by atoms with E-state index in [0.29, 0.717) is 17.5 Å². The molecule has 26 heavy (non-hydrogen) atoms. The van der Waals surface area contributed by atoms with Crippen LogP contribution < -0.4 is 15.4 Å². The minimum atomic E-state index is -0.371. The van der Waals surface area contributed by atoms with Crippen molar-refractivity contribution in [2.45, 2.75) is 51.1 Å². The van der Waals surface area contributed by atoms with Gasteiger partial charge in [0.15, 0.2) is 0 Å². The Kier molecular flexibility index (Phi) is 6.29. The zero-order valence-electron chi connectivity index (χ0n) is 15.6. The van der Waals surface area contributed by atoms with Crippen LogP contribution in [0.25, 0.3) is 0 Å². The normalized spacial score (nSPS) is 16.1. The maximum Gasteiger partial charge on any atom is 0.246 e. The molecule has 1 fully saturated rings. The number of hydrogen-bond acceptors (Lipinski definition) is 3. The molecule has 1 unspecified atom stereocenters. The van der Waals surface area contributed by atoms with Gasteiger partial charge in [0.1, 0.15) is 11.8 Å². The lowest BCUT2D eigenvalue weighted by Gasteiger charge is -2.28. The number of rotatable bonds is 6. The molecule has 2 aromatic rings. The first-order chi connectivity index (χ1) is 12.7. The van der Waals surface area contributed by atoms with Crippen molar-refractivity contribution in [2.75, 3.05) is 12.4 Å². The number of amides is 1. The first kappa shape index (κ1) is 18.5. The van der Waals surface area contributed by atoms with E-state index >= 15 is 0 Å². The first-order valence-electron chi connectivity index (χ1n) is 9.44. The van der Waals surface area contributed by atoms with Gasteiger partial charge in [-0.25, -0.2) is 0 Å². The second kappa shape index (κ2) is 8.86. The van der Waals surface area contributed by atoms with E-state index in [-0.39, 0.29) is 11.9 Å². The lowest BCUT2D eigenvalue weighted by molar-refractivity contribution is -0.118. The standard InChI is InChI=1S/C22H28N2O2/c1-16-13-14-20(26-2)19(15-16)24-22(25)21(17-9-5-3-6-10-17)23-18-11-7-4-8-12-18/h3,5-6,9-10,13-15,18,21,23H,4,7-8,11-12H2,1-2H3,(H,24,25). The van der Waals surface area contributed by atoms with Crippen LogP contribution in [-0.2, 0) is 4.79 Å². The molecule has 1 amide bonds. The molecule has 0 aromatic heterocycles. The minimum absolute atomic E-state index is 0.0503. The molecular formula is C22H28N2O2. The van der Waals surface area contributed by atoms with Gasteiger partial charge in [-0.3, -0.25) is 10.1 Å². The minimum Gasteiger partial charge on any atom is -0.495 e. The number of anilines is 1. The van der Waals surface area contributed by atoms with Crippen LogP contribution in [0, 0.1) is 6.92 Å². The molecule has 0 saturated heterocycles. The van der Waals surface area contributed by atoms with Crippen molar-refractivity contribution < 1.29 is 9.53 Å². The second-order valence-corrected chi connectivity index (χ2v) is 7.04. The summed E-state index contributed by atoms with van der Waals surface area (Å²) in [6.45, 7) is 2.00. The van der Waals surface area contributed by atoms with Crippen molar-refractivity contribution in [1.82, 2.24) is 5.32 Å². The zero-order valence-corrected chi connectivity index (χ0v) is 15.6. The number of carbonyl (C=O) groups is 1. The third-order valence-corrected chi connectivity index (χ3v) is 5.02. The summed E-state index contributed by atoms with van der Waals surface area (Å²) in [5.74, 6) is 0.624. The van der Waals surface area contributed by atoms with E-state index in [0.717, 1.165) is 24.0 Å². The number of ether oxygens (including phenoxy) is 1. The molecule has 0 aliphatic heterocycles. The third kappa shape index (κ3) is 4.64. The number of benzene rings is 2. The van der Waals surface area contributed by atoms with Crippen molar-refractivity contribution in [1.29, 1.82) is 0 Å². The van der Waals surface area contributed by atoms with E-state index < -0.39 is 0 Å². The lowest BCUT2D eigenvalue weighted by atomic mass is 9.93. The Bertz CT molecular complexity index is 724. The lowest BCUT2D eigenvalue weighted by Crippen LogP contribution is -2.40. The SMILES string of the molecule is COc1ccc(C)cc1NC(=O)C(NC1CCCCC1)c1ccccc1. The molecular weight excluding hydrogens is 324 g/mol. The van der Waals surface area contributed by atoms with Gasteiger partial charge >= 0.3 is 0 Å². The van der Waals surface area contributed by atoms with E-state index in [1.807, 2.05) is 55.5 Å². The Hall–Kier alpha value is -2.33. The quantitative estimate of drug-likeness (QED) is 0.798. The smallest absolute Gasteiger partial charge is 0.246 e. The highest BCUT2D eigenvalue weighted by molar-refractivity contribution is 5.96. The molecule has 1 atom stereocenters. The fourth-order valence-corrected chi connectivity index (χ4v) is 3.60. The topological polar surface area (TPSA) is 50.4 Å². The van der Waals surface area contributed by atoms with Gasteiger partial charge < -0.3 is 10.1 Å². The molecule has 2 N–H and O–H groups in total. The largest absolute Gasteiger partial charge is 0.495 e. The maximum atomic E-state index is 13.1. The summed E-state index contributed by atoms with van der Waals surface area (Å²) < 4.78 is 5.40. The Balaban J connectivity index is 1.81. The molecule has 4 heteroatoms. The Morgan fingerprint density at radius 3 is 2.50 bits per heavy atom. The van der Waals surface area contributed by atoms with Crippen LogP contribution in [-0.4, -0.2) is 19.1 Å². The number of nitrogens with one attached hydrogen (secondary N) is 2. The zero-order chi connectivity index (χ0) is 18.4. The van der Waals surface area contributed by atoms with Gasteiger partial charge in [-0.05, 0) is 43.0 Å². The van der Waals surface area contributed by atoms with Crippen LogP contribution in [0.3, 0.4) is 0 Å². The van der Waals surface area contributed by atoms with Gasteiger partial charge in [-0.15, -0.1) is 0 Å². The van der Waals surface area contributed by atoms with Gasteiger partial charge in [-0.2, -0.15) is 0 Å². The monoisotopic (exact) mass is 352 g/mol. The molecule has 0 radical (unpaired) electrons. The van der Waals surface area contributed by atoms with Gasteiger partial charge in [0.25, 0.3) is 0 Å². The summed E-state index contributed by atoms with van der Waals surface area (Å²) in [5.41, 5.74) is 2.78. The van der Waals surface area contributed by atoms with Crippen LogP contribution in [0.15, 0.2) is 48.5 Å². The predicted octanol–water partition coefficient (Wildman–Crippen LogP) is 4.61. The molecule has 138 valence electrons. The summed E-state index contributed by atoms with van der Waals surface area (Å²) in [7, 11) is 1.62. The molecule has 3 rings (SSSR count). The van der Waals surface area contributed by atoms with Crippen LogP contribution in [0.5, 0.6) is 5.75 Å². The Labute approximate surface area is 156 Å². The van der Waals surface area contributed by atoms with Crippen molar-refractivity contribution in [3.63, 3.8) is 0 Å². The van der Waals surface area contributed by atoms with Gasteiger partial charge in [0, 0.05) is 6.04 Å². The summed E-state index contributed by atoms with van der Waals surface area (Å²) in [5, 5.41) is 6.66. The summed E-state index contributed by atoms with van der Waals surface area (Å²) in [6, 6.07) is 15.8. The Morgan fingerprint density at radius 1 is 1.08 bits per heavy atom. The summed E-state index contributed by atoms with van der Waals surface area (Å²) >= 11 is 0. The van der Waals surface area contributed by atoms with Crippen molar-refractivity contribution in [3.05, 3.63) is 59.7 Å². The first-order valence-corrected chi connectivity index (χ1v) is 9.44. The molecule has 1 aliphatic carbocycles. The molecule has 0 spiro atoms. The highest BCUT2D eigenvalue weighted by Crippen LogP contribution is 2.28. The predicted molar refractivity (Wildman–Crippen MR) is 106 cm³/mol. The maximum absolute atomic E-state index is 13.1. The molecule has 4 nitrogen and oxygen atoms in total. The van der Waals surface area contributed by atoms with Crippen molar-refractivity contribution >= 4 is 11.6 Å². The molecule has 0 bridgehead atoms. The molecule has 1 aliphatic rings. The number of carbonyl (C=O) groups excluding carboxylic acids is 1. The third-order valence-electron chi connectivity index (χ3n) is 5.02. The van der Waals surface area contributed by atoms with Crippen molar-refractivity contribution in [3.8, 4) is 5.75 Å². The average molecular weight is 352 g/mol. The highest BCUT2D eigenvalue weighted by Gasteiger charge is 2.25.